The lowest BCUT2D eigenvalue weighted by atomic mass is 10.0. The third-order valence-electron chi connectivity index (χ3n) is 4.83. The predicted octanol–water partition coefficient (Wildman–Crippen LogP) is 2.93. The maximum absolute atomic E-state index is 5.77. The summed E-state index contributed by atoms with van der Waals surface area (Å²) in [6.45, 7) is 4.14. The highest BCUT2D eigenvalue weighted by Crippen LogP contribution is 2.27. The molecule has 154 valence electrons. The van der Waals surface area contributed by atoms with Crippen molar-refractivity contribution in [1.29, 1.82) is 0 Å². The molecule has 0 saturated carbocycles. The molecule has 8 heteroatoms. The number of rotatable bonds is 9. The van der Waals surface area contributed by atoms with E-state index in [-0.39, 0.29) is 24.0 Å². The van der Waals surface area contributed by atoms with Crippen molar-refractivity contribution in [1.82, 2.24) is 15.6 Å². The van der Waals surface area contributed by atoms with E-state index in [2.05, 4.69) is 15.6 Å². The van der Waals surface area contributed by atoms with Crippen LogP contribution < -0.4 is 10.6 Å². The lowest BCUT2D eigenvalue weighted by Crippen LogP contribution is -2.38. The fourth-order valence-corrected chi connectivity index (χ4v) is 4.55. The van der Waals surface area contributed by atoms with Crippen molar-refractivity contribution in [3.8, 4) is 0 Å². The van der Waals surface area contributed by atoms with Crippen LogP contribution in [0.15, 0.2) is 4.99 Å². The number of halogens is 1. The Balaban J connectivity index is 0.00000261. The number of nitrogens with one attached hydrogen (secondary N) is 2. The topological polar surface area (TPSA) is 67.8 Å². The van der Waals surface area contributed by atoms with Crippen LogP contribution >= 0.6 is 35.3 Å². The van der Waals surface area contributed by atoms with Gasteiger partial charge in [-0.15, -0.1) is 35.3 Å². The summed E-state index contributed by atoms with van der Waals surface area (Å²) in [5, 5.41) is 8.04. The SMILES string of the molecule is CN=C(NCCCOC1CCOC1)NCCCc1nc2c(s1)CCCC2.I. The largest absolute Gasteiger partial charge is 0.379 e. The van der Waals surface area contributed by atoms with Gasteiger partial charge in [-0.3, -0.25) is 4.99 Å². The van der Waals surface area contributed by atoms with Gasteiger partial charge < -0.3 is 20.1 Å². The second-order valence-corrected chi connectivity index (χ2v) is 8.09. The molecule has 1 saturated heterocycles. The maximum Gasteiger partial charge on any atom is 0.190 e. The molecule has 1 fully saturated rings. The van der Waals surface area contributed by atoms with Crippen LogP contribution in [0.3, 0.4) is 0 Å². The molecule has 0 radical (unpaired) electrons. The van der Waals surface area contributed by atoms with Crippen LogP contribution in [-0.2, 0) is 28.7 Å². The minimum atomic E-state index is 0. The van der Waals surface area contributed by atoms with Crippen LogP contribution in [0.1, 0.15) is 47.7 Å². The van der Waals surface area contributed by atoms with Gasteiger partial charge in [-0.2, -0.15) is 0 Å². The zero-order valence-corrected chi connectivity index (χ0v) is 19.4. The fraction of sp³-hybridized carbons (Fsp3) is 0.789. The van der Waals surface area contributed by atoms with Gasteiger partial charge >= 0.3 is 0 Å². The van der Waals surface area contributed by atoms with Crippen LogP contribution in [0.25, 0.3) is 0 Å². The molecule has 0 bridgehead atoms. The number of hydrogen-bond acceptors (Lipinski definition) is 5. The molecule has 1 atom stereocenters. The van der Waals surface area contributed by atoms with Crippen molar-refractivity contribution in [3.05, 3.63) is 15.6 Å². The Bertz CT molecular complexity index is 553. The molecule has 1 aliphatic heterocycles. The first-order valence-electron chi connectivity index (χ1n) is 9.96. The van der Waals surface area contributed by atoms with Crippen LogP contribution in [0.5, 0.6) is 0 Å². The highest BCUT2D eigenvalue weighted by Gasteiger charge is 2.15. The van der Waals surface area contributed by atoms with Crippen LogP contribution in [-0.4, -0.2) is 57.0 Å². The van der Waals surface area contributed by atoms with Gasteiger partial charge in [-0.25, -0.2) is 4.98 Å². The van der Waals surface area contributed by atoms with Crippen LogP contribution in [0.2, 0.25) is 0 Å². The molecule has 1 aliphatic carbocycles. The summed E-state index contributed by atoms with van der Waals surface area (Å²) < 4.78 is 11.1. The molecular formula is C19H33IN4O2S. The number of nitrogens with zero attached hydrogens (tertiary/aromatic N) is 2. The fourth-order valence-electron chi connectivity index (χ4n) is 3.35. The lowest BCUT2D eigenvalue weighted by Gasteiger charge is -2.13. The van der Waals surface area contributed by atoms with E-state index in [1.807, 2.05) is 18.4 Å². The number of aliphatic imine (C=N–C) groups is 1. The van der Waals surface area contributed by atoms with Gasteiger partial charge in [0.2, 0.25) is 0 Å². The number of aryl methyl sites for hydroxylation is 3. The number of ether oxygens (including phenoxy) is 2. The first-order valence-corrected chi connectivity index (χ1v) is 10.8. The van der Waals surface area contributed by atoms with Gasteiger partial charge in [0.15, 0.2) is 5.96 Å². The average Bonchev–Trinajstić information content (AvgIpc) is 3.32. The van der Waals surface area contributed by atoms with Crippen molar-refractivity contribution in [2.45, 2.75) is 57.5 Å². The standard InChI is InChI=1S/C19H32N4O2S.HI/c1-20-19(22-11-5-12-25-15-9-13-24-14-15)21-10-4-8-18-23-16-6-2-3-7-17(16)26-18;/h15H,2-14H2,1H3,(H2,20,21,22);1H. The predicted molar refractivity (Wildman–Crippen MR) is 122 cm³/mol. The molecule has 6 nitrogen and oxygen atoms in total. The summed E-state index contributed by atoms with van der Waals surface area (Å²) in [5.74, 6) is 0.868. The monoisotopic (exact) mass is 508 g/mol. The van der Waals surface area contributed by atoms with Gasteiger partial charge in [0.1, 0.15) is 0 Å². The van der Waals surface area contributed by atoms with E-state index >= 15 is 0 Å². The van der Waals surface area contributed by atoms with E-state index in [0.29, 0.717) is 6.10 Å². The Labute approximate surface area is 183 Å². The molecule has 2 heterocycles. The van der Waals surface area contributed by atoms with Gasteiger partial charge in [0.05, 0.1) is 23.4 Å². The number of hydrogen-bond donors (Lipinski definition) is 2. The summed E-state index contributed by atoms with van der Waals surface area (Å²) in [4.78, 5) is 10.6. The summed E-state index contributed by atoms with van der Waals surface area (Å²) >= 11 is 1.92. The molecule has 2 aliphatic rings. The Kier molecular flexibility index (Phi) is 10.9. The smallest absolute Gasteiger partial charge is 0.190 e. The molecule has 3 rings (SSSR count). The molecule has 0 aromatic carbocycles. The van der Waals surface area contributed by atoms with Gasteiger partial charge in [0.25, 0.3) is 0 Å². The van der Waals surface area contributed by atoms with Crippen molar-refractivity contribution >= 4 is 41.3 Å². The van der Waals surface area contributed by atoms with E-state index in [9.17, 15) is 0 Å². The lowest BCUT2D eigenvalue weighted by molar-refractivity contribution is 0.0420. The van der Waals surface area contributed by atoms with Crippen molar-refractivity contribution in [2.75, 3.05) is 40.0 Å². The molecule has 1 aromatic heterocycles. The third-order valence-corrected chi connectivity index (χ3v) is 6.05. The minimum absolute atomic E-state index is 0. The number of fused-ring (bicyclic) bond motifs is 1. The molecule has 1 aromatic rings. The van der Waals surface area contributed by atoms with E-state index in [4.69, 9.17) is 14.5 Å². The second kappa shape index (κ2) is 12.9. The number of thiazole rings is 1. The third kappa shape index (κ3) is 7.83. The van der Waals surface area contributed by atoms with E-state index in [1.54, 1.807) is 0 Å². The molecule has 0 amide bonds. The van der Waals surface area contributed by atoms with Gasteiger partial charge in [-0.05, 0) is 44.9 Å². The molecular weight excluding hydrogens is 475 g/mol. The Morgan fingerprint density at radius 1 is 1.26 bits per heavy atom. The minimum Gasteiger partial charge on any atom is -0.379 e. The maximum atomic E-state index is 5.77. The zero-order valence-electron chi connectivity index (χ0n) is 16.3. The summed E-state index contributed by atoms with van der Waals surface area (Å²) in [6, 6.07) is 0. The Hall–Kier alpha value is -0.450. The van der Waals surface area contributed by atoms with Crippen molar-refractivity contribution in [2.24, 2.45) is 4.99 Å². The van der Waals surface area contributed by atoms with Crippen LogP contribution in [0, 0.1) is 0 Å². The van der Waals surface area contributed by atoms with E-state index < -0.39 is 0 Å². The summed E-state index contributed by atoms with van der Waals surface area (Å²) in [6.07, 6.45) is 9.48. The van der Waals surface area contributed by atoms with Gasteiger partial charge in [-0.1, -0.05) is 0 Å². The molecule has 27 heavy (non-hydrogen) atoms. The number of guanidine groups is 1. The van der Waals surface area contributed by atoms with Gasteiger partial charge in [0, 0.05) is 44.6 Å². The van der Waals surface area contributed by atoms with E-state index in [1.165, 1.54) is 41.3 Å². The zero-order chi connectivity index (χ0) is 18.0. The number of aromatic nitrogens is 1. The van der Waals surface area contributed by atoms with Crippen molar-refractivity contribution < 1.29 is 9.47 Å². The highest BCUT2D eigenvalue weighted by molar-refractivity contribution is 14.0. The first kappa shape index (κ1) is 22.8. The Morgan fingerprint density at radius 3 is 2.81 bits per heavy atom. The Morgan fingerprint density at radius 2 is 2.07 bits per heavy atom. The van der Waals surface area contributed by atoms with E-state index in [0.717, 1.165) is 64.6 Å². The van der Waals surface area contributed by atoms with Crippen LogP contribution in [0.4, 0.5) is 0 Å². The first-order chi connectivity index (χ1) is 12.8. The quantitative estimate of drug-likeness (QED) is 0.233. The summed E-state index contributed by atoms with van der Waals surface area (Å²) in [5.41, 5.74) is 1.37. The normalized spacial score (nSPS) is 19.4. The summed E-state index contributed by atoms with van der Waals surface area (Å²) in [7, 11) is 1.82. The second-order valence-electron chi connectivity index (χ2n) is 6.92. The molecule has 0 spiro atoms. The molecule has 1 unspecified atom stereocenters. The molecule has 2 N–H and O–H groups in total. The van der Waals surface area contributed by atoms with Crippen molar-refractivity contribution in [3.63, 3.8) is 0 Å². The average molecular weight is 508 g/mol. The highest BCUT2D eigenvalue weighted by atomic mass is 127.